The normalized spacial score (nSPS) is 26.9. The minimum atomic E-state index is -0.953. The SMILES string of the molecule is NC1=NC(N)(c2ccc(C3CCNCC3)cc2)NC=C1. The Balaban J connectivity index is 1.80. The summed E-state index contributed by atoms with van der Waals surface area (Å²) in [6.45, 7) is 2.20. The van der Waals surface area contributed by atoms with Crippen LogP contribution < -0.4 is 22.1 Å². The smallest absolute Gasteiger partial charge is 0.211 e. The van der Waals surface area contributed by atoms with Gasteiger partial charge in [0.1, 0.15) is 5.84 Å². The third-order valence-corrected chi connectivity index (χ3v) is 4.02. The number of nitrogens with one attached hydrogen (secondary N) is 2. The molecule has 2 aliphatic heterocycles. The van der Waals surface area contributed by atoms with Gasteiger partial charge < -0.3 is 16.4 Å². The Kier molecular flexibility index (Phi) is 3.46. The molecule has 1 atom stereocenters. The minimum absolute atomic E-state index is 0.439. The zero-order valence-corrected chi connectivity index (χ0v) is 11.5. The van der Waals surface area contributed by atoms with Gasteiger partial charge in [0.2, 0.25) is 5.79 Å². The van der Waals surface area contributed by atoms with E-state index in [4.69, 9.17) is 11.5 Å². The number of hydrogen-bond donors (Lipinski definition) is 4. The zero-order valence-electron chi connectivity index (χ0n) is 11.5. The van der Waals surface area contributed by atoms with E-state index >= 15 is 0 Å². The summed E-state index contributed by atoms with van der Waals surface area (Å²) in [5.41, 5.74) is 14.3. The molecular formula is C15H21N5. The molecule has 20 heavy (non-hydrogen) atoms. The van der Waals surface area contributed by atoms with E-state index in [1.54, 1.807) is 12.3 Å². The van der Waals surface area contributed by atoms with Gasteiger partial charge in [-0.25, -0.2) is 4.99 Å². The Hall–Kier alpha value is -1.85. The Morgan fingerprint density at radius 2 is 1.85 bits per heavy atom. The summed E-state index contributed by atoms with van der Waals surface area (Å²) >= 11 is 0. The molecule has 1 unspecified atom stereocenters. The third kappa shape index (κ3) is 2.55. The van der Waals surface area contributed by atoms with Crippen LogP contribution in [0.5, 0.6) is 0 Å². The van der Waals surface area contributed by atoms with Gasteiger partial charge in [-0.15, -0.1) is 0 Å². The molecule has 0 spiro atoms. The molecule has 5 heteroatoms. The summed E-state index contributed by atoms with van der Waals surface area (Å²) in [6.07, 6.45) is 5.83. The van der Waals surface area contributed by atoms with Crippen molar-refractivity contribution in [1.29, 1.82) is 0 Å². The summed E-state index contributed by atoms with van der Waals surface area (Å²) in [6, 6.07) is 8.40. The van der Waals surface area contributed by atoms with Crippen molar-refractivity contribution in [2.24, 2.45) is 16.5 Å². The van der Waals surface area contributed by atoms with Crippen LogP contribution in [0.4, 0.5) is 0 Å². The molecule has 2 heterocycles. The highest BCUT2D eigenvalue weighted by Crippen LogP contribution is 2.27. The van der Waals surface area contributed by atoms with Crippen molar-refractivity contribution in [3.05, 3.63) is 47.7 Å². The second-order valence-electron chi connectivity index (χ2n) is 5.43. The molecule has 0 aromatic heterocycles. The Labute approximate surface area is 119 Å². The summed E-state index contributed by atoms with van der Waals surface area (Å²) < 4.78 is 0. The van der Waals surface area contributed by atoms with Crippen LogP contribution in [-0.4, -0.2) is 18.9 Å². The summed E-state index contributed by atoms with van der Waals surface area (Å²) in [5.74, 6) is 0.131. The van der Waals surface area contributed by atoms with Gasteiger partial charge in [0.15, 0.2) is 0 Å². The largest absolute Gasteiger partial charge is 0.384 e. The molecule has 0 radical (unpaired) electrons. The van der Waals surface area contributed by atoms with Crippen LogP contribution in [0.2, 0.25) is 0 Å². The fraction of sp³-hybridized carbons (Fsp3) is 0.400. The monoisotopic (exact) mass is 271 g/mol. The molecule has 0 aliphatic carbocycles. The second kappa shape index (κ2) is 5.26. The lowest BCUT2D eigenvalue weighted by molar-refractivity contribution is 0.409. The van der Waals surface area contributed by atoms with Gasteiger partial charge in [-0.3, -0.25) is 5.73 Å². The first-order valence-corrected chi connectivity index (χ1v) is 7.07. The molecule has 3 rings (SSSR count). The van der Waals surface area contributed by atoms with Crippen molar-refractivity contribution in [2.75, 3.05) is 13.1 Å². The summed E-state index contributed by atoms with van der Waals surface area (Å²) in [4.78, 5) is 4.29. The number of aliphatic imine (C=N–C) groups is 1. The number of nitrogens with two attached hydrogens (primary N) is 2. The van der Waals surface area contributed by atoms with E-state index in [1.165, 1.54) is 18.4 Å². The van der Waals surface area contributed by atoms with Gasteiger partial charge >= 0.3 is 0 Å². The predicted molar refractivity (Wildman–Crippen MR) is 81.1 cm³/mol. The maximum Gasteiger partial charge on any atom is 0.211 e. The van der Waals surface area contributed by atoms with E-state index in [2.05, 4.69) is 27.8 Å². The molecule has 5 nitrogen and oxygen atoms in total. The lowest BCUT2D eigenvalue weighted by Gasteiger charge is -2.29. The molecule has 6 N–H and O–H groups in total. The van der Waals surface area contributed by atoms with E-state index in [0.29, 0.717) is 11.8 Å². The maximum atomic E-state index is 6.26. The zero-order chi connectivity index (χ0) is 14.0. The third-order valence-electron chi connectivity index (χ3n) is 4.02. The predicted octanol–water partition coefficient (Wildman–Crippen LogP) is 0.697. The van der Waals surface area contributed by atoms with Crippen molar-refractivity contribution >= 4 is 5.84 Å². The van der Waals surface area contributed by atoms with Crippen LogP contribution in [0.3, 0.4) is 0 Å². The summed E-state index contributed by atoms with van der Waals surface area (Å²) in [7, 11) is 0. The Morgan fingerprint density at radius 1 is 1.15 bits per heavy atom. The van der Waals surface area contributed by atoms with E-state index < -0.39 is 5.79 Å². The van der Waals surface area contributed by atoms with Crippen molar-refractivity contribution in [3.8, 4) is 0 Å². The second-order valence-corrected chi connectivity index (χ2v) is 5.43. The molecule has 0 saturated carbocycles. The van der Waals surface area contributed by atoms with E-state index in [-0.39, 0.29) is 0 Å². The molecule has 1 aromatic carbocycles. The Morgan fingerprint density at radius 3 is 2.50 bits per heavy atom. The topological polar surface area (TPSA) is 88.5 Å². The van der Waals surface area contributed by atoms with E-state index in [1.807, 2.05) is 12.1 Å². The summed E-state index contributed by atoms with van der Waals surface area (Å²) in [5, 5.41) is 6.45. The molecule has 1 fully saturated rings. The highest BCUT2D eigenvalue weighted by Gasteiger charge is 2.27. The lowest BCUT2D eigenvalue weighted by Crippen LogP contribution is -2.49. The number of nitrogens with zero attached hydrogens (tertiary/aromatic N) is 1. The first-order valence-electron chi connectivity index (χ1n) is 7.07. The Bertz CT molecular complexity index is 528. The van der Waals surface area contributed by atoms with Gasteiger partial charge in [-0.2, -0.15) is 0 Å². The van der Waals surface area contributed by atoms with E-state index in [0.717, 1.165) is 18.7 Å². The van der Waals surface area contributed by atoms with Gasteiger partial charge in [0.25, 0.3) is 0 Å². The average molecular weight is 271 g/mol. The first kappa shape index (κ1) is 13.1. The van der Waals surface area contributed by atoms with Gasteiger partial charge in [0, 0.05) is 11.8 Å². The molecule has 1 saturated heterocycles. The molecule has 2 aliphatic rings. The van der Waals surface area contributed by atoms with Crippen molar-refractivity contribution in [2.45, 2.75) is 24.5 Å². The molecule has 0 bridgehead atoms. The molecule has 106 valence electrons. The average Bonchev–Trinajstić information content (AvgIpc) is 2.48. The number of piperidine rings is 1. The highest BCUT2D eigenvalue weighted by molar-refractivity contribution is 5.92. The number of amidine groups is 1. The molecule has 0 amide bonds. The molecular weight excluding hydrogens is 250 g/mol. The standard InChI is InChI=1S/C15H21N5/c16-14-7-10-19-15(17,20-14)13-3-1-11(2-4-13)12-5-8-18-9-6-12/h1-4,7,10,12,18-19H,5-6,8-9,17H2,(H2,16,20). The quantitative estimate of drug-likeness (QED) is 0.637. The van der Waals surface area contributed by atoms with Crippen molar-refractivity contribution < 1.29 is 0 Å². The van der Waals surface area contributed by atoms with Crippen LogP contribution in [0.1, 0.15) is 29.9 Å². The van der Waals surface area contributed by atoms with Crippen LogP contribution in [-0.2, 0) is 5.79 Å². The van der Waals surface area contributed by atoms with Gasteiger partial charge in [-0.05, 0) is 43.5 Å². The van der Waals surface area contributed by atoms with Gasteiger partial charge in [-0.1, -0.05) is 24.3 Å². The fourth-order valence-corrected chi connectivity index (χ4v) is 2.84. The van der Waals surface area contributed by atoms with Crippen LogP contribution >= 0.6 is 0 Å². The fourth-order valence-electron chi connectivity index (χ4n) is 2.84. The van der Waals surface area contributed by atoms with E-state index in [9.17, 15) is 0 Å². The maximum absolute atomic E-state index is 6.26. The van der Waals surface area contributed by atoms with Gasteiger partial charge in [0.05, 0.1) is 0 Å². The number of hydrogen-bond acceptors (Lipinski definition) is 5. The highest BCUT2D eigenvalue weighted by atomic mass is 15.3. The minimum Gasteiger partial charge on any atom is -0.384 e. The van der Waals surface area contributed by atoms with Crippen LogP contribution in [0, 0.1) is 0 Å². The van der Waals surface area contributed by atoms with Crippen LogP contribution in [0.25, 0.3) is 0 Å². The number of benzene rings is 1. The van der Waals surface area contributed by atoms with Crippen molar-refractivity contribution in [1.82, 2.24) is 10.6 Å². The number of rotatable bonds is 2. The lowest BCUT2D eigenvalue weighted by atomic mass is 9.89. The molecule has 1 aromatic rings. The van der Waals surface area contributed by atoms with Crippen LogP contribution in [0.15, 0.2) is 41.5 Å². The van der Waals surface area contributed by atoms with Crippen molar-refractivity contribution in [3.63, 3.8) is 0 Å². The first-order chi connectivity index (χ1) is 9.67.